The molecule has 0 N–H and O–H groups in total. The second-order valence-corrected chi connectivity index (χ2v) is 5.77. The predicted octanol–water partition coefficient (Wildman–Crippen LogP) is 1.91. The zero-order chi connectivity index (χ0) is 8.10. The first-order valence-corrected chi connectivity index (χ1v) is 5.51. The summed E-state index contributed by atoms with van der Waals surface area (Å²) in [7, 11) is -0.821. The Bertz CT molecular complexity index is 203. The van der Waals surface area contributed by atoms with E-state index in [-0.39, 0.29) is 4.46 Å². The van der Waals surface area contributed by atoms with E-state index in [0.29, 0.717) is 0 Å². The van der Waals surface area contributed by atoms with Gasteiger partial charge in [0.25, 0.3) is 9.76 Å². The zero-order valence-electron chi connectivity index (χ0n) is 5.84. The highest BCUT2D eigenvalue weighted by atomic mass is 35.5. The van der Waals surface area contributed by atoms with Crippen LogP contribution >= 0.6 is 23.2 Å². The quantitative estimate of drug-likeness (QED) is 0.543. The molecule has 0 heterocycles. The molecule has 0 aliphatic carbocycles. The smallest absolute Gasteiger partial charge is 0.252 e. The average molecular weight is 207 g/mol. The lowest BCUT2D eigenvalue weighted by Gasteiger charge is -2.04. The van der Waals surface area contributed by atoms with Gasteiger partial charge in [-0.3, -0.25) is 0 Å². The Hall–Kier alpha value is -0.183. The van der Waals surface area contributed by atoms with Crippen LogP contribution in [-0.2, 0) is 0 Å². The molecular weight excluding hydrogens is 199 g/mol. The first-order chi connectivity index (χ1) is 5.29. The molecule has 0 amide bonds. The molecule has 1 rings (SSSR count). The molecule has 1 aromatic carbocycles. The molecule has 0 aliphatic heterocycles. The minimum atomic E-state index is -0.821. The molecular formula is C7H8Cl2OSi. The highest BCUT2D eigenvalue weighted by Gasteiger charge is 2.00. The van der Waals surface area contributed by atoms with Gasteiger partial charge in [-0.05, 0) is 12.1 Å². The maximum Gasteiger partial charge on any atom is 0.252 e. The van der Waals surface area contributed by atoms with Crippen molar-refractivity contribution in [3.63, 3.8) is 0 Å². The second kappa shape index (κ2) is 4.65. The van der Waals surface area contributed by atoms with Gasteiger partial charge in [-0.15, -0.1) is 23.2 Å². The molecule has 0 saturated carbocycles. The summed E-state index contributed by atoms with van der Waals surface area (Å²) < 4.78 is 5.02. The number of halogens is 2. The van der Waals surface area contributed by atoms with E-state index in [9.17, 15) is 0 Å². The van der Waals surface area contributed by atoms with Crippen molar-refractivity contribution >= 4 is 33.0 Å². The topological polar surface area (TPSA) is 9.23 Å². The van der Waals surface area contributed by atoms with E-state index < -0.39 is 9.76 Å². The maximum absolute atomic E-state index is 5.53. The Morgan fingerprint density at radius 2 is 1.82 bits per heavy atom. The van der Waals surface area contributed by atoms with Crippen LogP contribution in [0.25, 0.3) is 0 Å². The van der Waals surface area contributed by atoms with Crippen molar-refractivity contribution in [3.05, 3.63) is 30.3 Å². The number of rotatable bonds is 3. The fraction of sp³-hybridized carbons (Fsp3) is 0.143. The molecule has 0 bridgehead atoms. The summed E-state index contributed by atoms with van der Waals surface area (Å²) in [5.74, 6) is 0.852. The molecule has 0 spiro atoms. The Labute approximate surface area is 78.2 Å². The van der Waals surface area contributed by atoms with Crippen LogP contribution in [0.2, 0.25) is 0 Å². The number of alkyl halides is 2. The molecule has 0 aliphatic rings. The van der Waals surface area contributed by atoms with Crippen LogP contribution in [0.5, 0.6) is 5.75 Å². The van der Waals surface area contributed by atoms with Gasteiger partial charge in [-0.2, -0.15) is 0 Å². The van der Waals surface area contributed by atoms with Gasteiger partial charge in [0.05, 0.1) is 0 Å². The molecule has 0 aromatic heterocycles. The lowest BCUT2D eigenvalue weighted by atomic mass is 10.3. The van der Waals surface area contributed by atoms with Crippen molar-refractivity contribution in [1.29, 1.82) is 0 Å². The van der Waals surface area contributed by atoms with Crippen LogP contribution in [0.1, 0.15) is 0 Å². The first kappa shape index (κ1) is 8.91. The van der Waals surface area contributed by atoms with E-state index in [4.69, 9.17) is 27.6 Å². The standard InChI is InChI=1S/C7H8Cl2OSi/c8-7(9)11-10-6-4-2-1-3-5-6/h1-5,7H,11H2. The summed E-state index contributed by atoms with van der Waals surface area (Å²) >= 11 is 11.1. The van der Waals surface area contributed by atoms with Crippen LogP contribution < -0.4 is 4.43 Å². The average Bonchev–Trinajstić information content (AvgIpc) is 2.03. The lowest BCUT2D eigenvalue weighted by Crippen LogP contribution is -2.10. The Balaban J connectivity index is 2.39. The van der Waals surface area contributed by atoms with Crippen molar-refractivity contribution in [2.75, 3.05) is 0 Å². The molecule has 0 unspecified atom stereocenters. The van der Waals surface area contributed by atoms with Crippen molar-refractivity contribution in [2.45, 2.75) is 4.46 Å². The lowest BCUT2D eigenvalue weighted by molar-refractivity contribution is 0.596. The van der Waals surface area contributed by atoms with Crippen LogP contribution in [-0.4, -0.2) is 14.2 Å². The van der Waals surface area contributed by atoms with Gasteiger partial charge in [0.15, 0.2) is 0 Å². The normalized spacial score (nSPS) is 11.2. The van der Waals surface area contributed by atoms with Gasteiger partial charge >= 0.3 is 0 Å². The first-order valence-electron chi connectivity index (χ1n) is 3.25. The van der Waals surface area contributed by atoms with Crippen molar-refractivity contribution in [2.24, 2.45) is 0 Å². The summed E-state index contributed by atoms with van der Waals surface area (Å²) in [6.07, 6.45) is 0. The molecule has 0 saturated heterocycles. The number of hydrogen-bond donors (Lipinski definition) is 0. The molecule has 1 aromatic rings. The molecule has 0 atom stereocenters. The molecule has 1 nitrogen and oxygen atoms in total. The van der Waals surface area contributed by atoms with Crippen LogP contribution in [0.4, 0.5) is 0 Å². The van der Waals surface area contributed by atoms with Crippen molar-refractivity contribution in [1.82, 2.24) is 0 Å². The van der Waals surface area contributed by atoms with E-state index in [1.54, 1.807) is 0 Å². The minimum Gasteiger partial charge on any atom is -0.547 e. The Morgan fingerprint density at radius 1 is 1.18 bits per heavy atom. The summed E-state index contributed by atoms with van der Waals surface area (Å²) in [5.41, 5.74) is 0. The second-order valence-electron chi connectivity index (χ2n) is 2.02. The van der Waals surface area contributed by atoms with Gasteiger partial charge in [0.2, 0.25) is 0 Å². The Kier molecular flexibility index (Phi) is 3.76. The molecule has 11 heavy (non-hydrogen) atoms. The van der Waals surface area contributed by atoms with Crippen LogP contribution in [0.3, 0.4) is 0 Å². The van der Waals surface area contributed by atoms with E-state index in [2.05, 4.69) is 0 Å². The zero-order valence-corrected chi connectivity index (χ0v) is 8.76. The molecule has 0 radical (unpaired) electrons. The highest BCUT2D eigenvalue weighted by molar-refractivity contribution is 6.66. The summed E-state index contributed by atoms with van der Waals surface area (Å²) in [4.78, 5) is 0. The van der Waals surface area contributed by atoms with Crippen LogP contribution in [0, 0.1) is 0 Å². The van der Waals surface area contributed by atoms with Crippen molar-refractivity contribution in [3.8, 4) is 5.75 Å². The van der Waals surface area contributed by atoms with Crippen molar-refractivity contribution < 1.29 is 4.43 Å². The summed E-state index contributed by atoms with van der Waals surface area (Å²) in [6, 6.07) is 9.56. The molecule has 4 heteroatoms. The largest absolute Gasteiger partial charge is 0.547 e. The van der Waals surface area contributed by atoms with E-state index >= 15 is 0 Å². The fourth-order valence-corrected chi connectivity index (χ4v) is 1.56. The Morgan fingerprint density at radius 3 is 2.36 bits per heavy atom. The van der Waals surface area contributed by atoms with Gasteiger partial charge in [0, 0.05) is 0 Å². The number of para-hydroxylation sites is 1. The third kappa shape index (κ3) is 3.65. The predicted molar refractivity (Wildman–Crippen MR) is 51.1 cm³/mol. The van der Waals surface area contributed by atoms with Crippen LogP contribution in [0.15, 0.2) is 30.3 Å². The maximum atomic E-state index is 5.53. The third-order valence-electron chi connectivity index (χ3n) is 1.12. The minimum absolute atomic E-state index is 0.324. The third-order valence-corrected chi connectivity index (χ3v) is 2.63. The SMILES string of the molecule is ClC(Cl)[SiH2]Oc1ccccc1. The van der Waals surface area contributed by atoms with Gasteiger partial charge < -0.3 is 4.43 Å². The van der Waals surface area contributed by atoms with Gasteiger partial charge in [-0.25, -0.2) is 0 Å². The fourth-order valence-electron chi connectivity index (χ4n) is 0.676. The van der Waals surface area contributed by atoms with E-state index in [0.717, 1.165) is 5.75 Å². The highest BCUT2D eigenvalue weighted by Crippen LogP contribution is 2.09. The summed E-state index contributed by atoms with van der Waals surface area (Å²) in [6.45, 7) is 0. The molecule has 0 fully saturated rings. The van der Waals surface area contributed by atoms with E-state index in [1.807, 2.05) is 30.3 Å². The van der Waals surface area contributed by atoms with Gasteiger partial charge in [0.1, 0.15) is 10.2 Å². The monoisotopic (exact) mass is 206 g/mol. The van der Waals surface area contributed by atoms with Gasteiger partial charge in [-0.1, -0.05) is 18.2 Å². The summed E-state index contributed by atoms with van der Waals surface area (Å²) in [5, 5.41) is 0. The van der Waals surface area contributed by atoms with E-state index in [1.165, 1.54) is 0 Å². The number of benzene rings is 1. The molecule has 60 valence electrons. The number of hydrogen-bond acceptors (Lipinski definition) is 1.